The van der Waals surface area contributed by atoms with Gasteiger partial charge in [-0.3, -0.25) is 10.1 Å². The van der Waals surface area contributed by atoms with Gasteiger partial charge in [0, 0.05) is 16.9 Å². The van der Waals surface area contributed by atoms with Gasteiger partial charge in [0.05, 0.1) is 19.3 Å². The molecule has 0 aromatic heterocycles. The van der Waals surface area contributed by atoms with Gasteiger partial charge >= 0.3 is 6.09 Å². The van der Waals surface area contributed by atoms with Gasteiger partial charge < -0.3 is 24.8 Å². The van der Waals surface area contributed by atoms with Crippen LogP contribution >= 0.6 is 12.2 Å². The van der Waals surface area contributed by atoms with Crippen LogP contribution in [-0.4, -0.2) is 54.6 Å². The number of hydrogen-bond donors (Lipinski definition) is 3. The van der Waals surface area contributed by atoms with Crippen LogP contribution in [0.25, 0.3) is 0 Å². The van der Waals surface area contributed by atoms with E-state index < -0.39 is 12.2 Å². The number of anilines is 2. The van der Waals surface area contributed by atoms with Crippen molar-refractivity contribution in [2.45, 2.75) is 31.3 Å². The molecule has 2 aliphatic rings. The molecule has 0 aliphatic carbocycles. The first-order valence-electron chi connectivity index (χ1n) is 9.94. The Morgan fingerprint density at radius 2 is 1.61 bits per heavy atom. The standard InChI is InChI=1S/C22H23N3O5S/c1-13(26)14-7-9-16(10-8-14)24-22(27)30-18-12-29-19-17(11-28-20(18)19)25-21(31)23-15-5-3-2-4-6-15/h2-10,17-20H,11-12H2,1H3,(H,24,27)(H2,23,25,31)/t17-,18+,19+,20+/m0/s1. The molecule has 0 radical (unpaired) electrons. The fourth-order valence-corrected chi connectivity index (χ4v) is 3.89. The molecule has 31 heavy (non-hydrogen) atoms. The summed E-state index contributed by atoms with van der Waals surface area (Å²) in [6, 6.07) is 16.1. The van der Waals surface area contributed by atoms with E-state index in [-0.39, 0.29) is 30.6 Å². The van der Waals surface area contributed by atoms with Crippen molar-refractivity contribution in [2.75, 3.05) is 23.8 Å². The number of fused-ring (bicyclic) bond motifs is 1. The van der Waals surface area contributed by atoms with Crippen LogP contribution in [0, 0.1) is 0 Å². The van der Waals surface area contributed by atoms with Crippen molar-refractivity contribution in [1.82, 2.24) is 5.32 Å². The van der Waals surface area contributed by atoms with Gasteiger partial charge in [-0.2, -0.15) is 0 Å². The summed E-state index contributed by atoms with van der Waals surface area (Å²) in [5, 5.41) is 9.46. The second kappa shape index (κ2) is 9.42. The lowest BCUT2D eigenvalue weighted by molar-refractivity contribution is 0.00880. The SMILES string of the molecule is CC(=O)c1ccc(NC(=O)O[C@@H]2CO[C@H]3[C@@H]2OC[C@@H]3NC(=S)Nc2ccccc2)cc1. The molecular weight excluding hydrogens is 418 g/mol. The zero-order valence-corrected chi connectivity index (χ0v) is 17.7. The van der Waals surface area contributed by atoms with Crippen molar-refractivity contribution in [3.63, 3.8) is 0 Å². The summed E-state index contributed by atoms with van der Waals surface area (Å²) in [7, 11) is 0. The fourth-order valence-electron chi connectivity index (χ4n) is 3.62. The molecule has 0 unspecified atom stereocenters. The molecule has 2 aliphatic heterocycles. The number of amides is 1. The Labute approximate surface area is 185 Å². The third-order valence-electron chi connectivity index (χ3n) is 5.15. The predicted octanol–water partition coefficient (Wildman–Crippen LogP) is 2.96. The molecule has 2 aromatic carbocycles. The van der Waals surface area contributed by atoms with Crippen LogP contribution in [0.2, 0.25) is 0 Å². The summed E-state index contributed by atoms with van der Waals surface area (Å²) in [5.41, 5.74) is 2.00. The summed E-state index contributed by atoms with van der Waals surface area (Å²) >= 11 is 5.38. The normalized spacial score (nSPS) is 24.2. The number of rotatable bonds is 5. The van der Waals surface area contributed by atoms with Gasteiger partial charge in [0.25, 0.3) is 0 Å². The number of ketones is 1. The maximum absolute atomic E-state index is 12.3. The van der Waals surface area contributed by atoms with Crippen molar-refractivity contribution < 1.29 is 23.8 Å². The Morgan fingerprint density at radius 1 is 0.935 bits per heavy atom. The van der Waals surface area contributed by atoms with Crippen LogP contribution in [0.5, 0.6) is 0 Å². The lowest BCUT2D eigenvalue weighted by atomic mass is 10.1. The lowest BCUT2D eigenvalue weighted by Gasteiger charge is -2.20. The molecule has 3 N–H and O–H groups in total. The van der Waals surface area contributed by atoms with Gasteiger partial charge in [-0.25, -0.2) is 4.79 Å². The quantitative estimate of drug-likeness (QED) is 0.481. The molecule has 0 spiro atoms. The maximum Gasteiger partial charge on any atom is 0.412 e. The number of carbonyl (C=O) groups excluding carboxylic acids is 2. The lowest BCUT2D eigenvalue weighted by Crippen LogP contribution is -2.46. The highest BCUT2D eigenvalue weighted by atomic mass is 32.1. The summed E-state index contributed by atoms with van der Waals surface area (Å²) in [6.07, 6.45) is -1.78. The Bertz CT molecular complexity index is 953. The predicted molar refractivity (Wildman–Crippen MR) is 119 cm³/mol. The molecule has 1 amide bonds. The van der Waals surface area contributed by atoms with E-state index in [1.807, 2.05) is 30.3 Å². The Balaban J connectivity index is 1.27. The van der Waals surface area contributed by atoms with E-state index in [2.05, 4.69) is 16.0 Å². The van der Waals surface area contributed by atoms with E-state index in [1.54, 1.807) is 24.3 Å². The number of ether oxygens (including phenoxy) is 3. The molecule has 2 heterocycles. The van der Waals surface area contributed by atoms with Gasteiger partial charge in [0.2, 0.25) is 0 Å². The van der Waals surface area contributed by atoms with Gasteiger partial charge in [0.15, 0.2) is 17.0 Å². The number of thiocarbonyl (C=S) groups is 1. The van der Waals surface area contributed by atoms with Gasteiger partial charge in [-0.1, -0.05) is 18.2 Å². The first-order chi connectivity index (χ1) is 15.0. The molecule has 2 aromatic rings. The van der Waals surface area contributed by atoms with Crippen LogP contribution in [0.3, 0.4) is 0 Å². The largest absolute Gasteiger partial charge is 0.441 e. The molecular formula is C22H23N3O5S. The molecule has 8 nitrogen and oxygen atoms in total. The molecule has 0 saturated carbocycles. The zero-order valence-electron chi connectivity index (χ0n) is 16.9. The molecule has 4 rings (SSSR count). The Morgan fingerprint density at radius 3 is 2.32 bits per heavy atom. The van der Waals surface area contributed by atoms with Gasteiger partial charge in [0.1, 0.15) is 12.2 Å². The van der Waals surface area contributed by atoms with Crippen LogP contribution in [0.1, 0.15) is 17.3 Å². The second-order valence-electron chi connectivity index (χ2n) is 7.37. The van der Waals surface area contributed by atoms with Crippen LogP contribution in [0.4, 0.5) is 16.2 Å². The highest BCUT2D eigenvalue weighted by Crippen LogP contribution is 2.29. The van der Waals surface area contributed by atoms with Crippen molar-refractivity contribution in [3.05, 3.63) is 60.2 Å². The van der Waals surface area contributed by atoms with E-state index >= 15 is 0 Å². The summed E-state index contributed by atoms with van der Waals surface area (Å²) in [4.78, 5) is 23.6. The van der Waals surface area contributed by atoms with E-state index in [0.29, 0.717) is 23.0 Å². The topological polar surface area (TPSA) is 97.9 Å². The van der Waals surface area contributed by atoms with Crippen LogP contribution in [0.15, 0.2) is 54.6 Å². The van der Waals surface area contributed by atoms with E-state index in [1.165, 1.54) is 6.92 Å². The molecule has 162 valence electrons. The third-order valence-corrected chi connectivity index (χ3v) is 5.37. The highest BCUT2D eigenvalue weighted by molar-refractivity contribution is 7.80. The molecule has 9 heteroatoms. The first kappa shape index (κ1) is 21.2. The third kappa shape index (κ3) is 5.19. The van der Waals surface area contributed by atoms with Crippen LogP contribution < -0.4 is 16.0 Å². The van der Waals surface area contributed by atoms with Crippen LogP contribution in [-0.2, 0) is 14.2 Å². The molecule has 2 fully saturated rings. The Kier molecular flexibility index (Phi) is 6.45. The monoisotopic (exact) mass is 441 g/mol. The van der Waals surface area contributed by atoms with Gasteiger partial charge in [-0.15, -0.1) is 0 Å². The minimum absolute atomic E-state index is 0.0386. The molecule has 2 saturated heterocycles. The van der Waals surface area contributed by atoms with Crippen molar-refractivity contribution in [3.8, 4) is 0 Å². The van der Waals surface area contributed by atoms with Gasteiger partial charge in [-0.05, 0) is 55.5 Å². The molecule has 0 bridgehead atoms. The number of nitrogens with one attached hydrogen (secondary N) is 3. The fraction of sp³-hybridized carbons (Fsp3) is 0.318. The number of para-hydroxylation sites is 1. The average molecular weight is 442 g/mol. The molecule has 4 atom stereocenters. The summed E-state index contributed by atoms with van der Waals surface area (Å²) < 4.78 is 17.2. The highest BCUT2D eigenvalue weighted by Gasteiger charge is 2.49. The summed E-state index contributed by atoms with van der Waals surface area (Å²) in [6.45, 7) is 2.12. The number of hydrogen-bond acceptors (Lipinski definition) is 6. The number of Topliss-reactive ketones (excluding diaryl/α,β-unsaturated/α-hetero) is 1. The minimum atomic E-state index is -0.605. The van der Waals surface area contributed by atoms with E-state index in [9.17, 15) is 9.59 Å². The Hall–Kier alpha value is -3.01. The second-order valence-corrected chi connectivity index (χ2v) is 7.78. The van der Waals surface area contributed by atoms with Crippen molar-refractivity contribution >= 4 is 40.6 Å². The maximum atomic E-state index is 12.3. The number of benzene rings is 2. The first-order valence-corrected chi connectivity index (χ1v) is 10.3. The van der Waals surface area contributed by atoms with Crippen molar-refractivity contribution in [1.29, 1.82) is 0 Å². The van der Waals surface area contributed by atoms with E-state index in [0.717, 1.165) is 5.69 Å². The smallest absolute Gasteiger partial charge is 0.412 e. The summed E-state index contributed by atoms with van der Waals surface area (Å²) in [5.74, 6) is -0.0386. The number of carbonyl (C=O) groups is 2. The van der Waals surface area contributed by atoms with E-state index in [4.69, 9.17) is 26.4 Å². The average Bonchev–Trinajstić information content (AvgIpc) is 3.32. The minimum Gasteiger partial charge on any atom is -0.441 e. The zero-order chi connectivity index (χ0) is 21.8. The van der Waals surface area contributed by atoms with Crippen molar-refractivity contribution in [2.24, 2.45) is 0 Å².